The number of carbonyl (C=O) groups excluding carboxylic acids is 2. The van der Waals surface area contributed by atoms with Crippen molar-refractivity contribution in [2.75, 3.05) is 19.5 Å². The van der Waals surface area contributed by atoms with E-state index in [1.165, 1.54) is 14.2 Å². The Labute approximate surface area is 174 Å². The van der Waals surface area contributed by atoms with Crippen molar-refractivity contribution >= 4 is 29.2 Å². The lowest BCUT2D eigenvalue weighted by Crippen LogP contribution is -2.46. The molecular weight excluding hydrogens is 394 g/mol. The van der Waals surface area contributed by atoms with Crippen LogP contribution in [0.25, 0.3) is 0 Å². The topological polar surface area (TPSA) is 88.7 Å². The van der Waals surface area contributed by atoms with Gasteiger partial charge in [-0.25, -0.2) is 4.79 Å². The summed E-state index contributed by atoms with van der Waals surface area (Å²) in [6, 6.07) is 9.43. The third-order valence-corrected chi connectivity index (χ3v) is 5.10. The normalized spacial score (nSPS) is 16.0. The van der Waals surface area contributed by atoms with Gasteiger partial charge in [0.2, 0.25) is 0 Å². The summed E-state index contributed by atoms with van der Waals surface area (Å²) in [5, 5.41) is 8.85. The van der Waals surface area contributed by atoms with Gasteiger partial charge in [-0.05, 0) is 37.6 Å². The van der Waals surface area contributed by atoms with Crippen LogP contribution in [0.1, 0.15) is 24.1 Å². The standard InChI is InChI=1S/C21H22ClN3O4/c1-11-8-9-13(10-15(11)22)24-20(26)17-12(2)23-21(27)25-18(17)14-6-5-7-16(28-3)19(14)29-4/h5-10,18H,1-4H3,(H,24,26)(H2,23,25,27). The van der Waals surface area contributed by atoms with Crippen LogP contribution in [0.5, 0.6) is 11.5 Å². The van der Waals surface area contributed by atoms with E-state index < -0.39 is 12.1 Å². The zero-order valence-corrected chi connectivity index (χ0v) is 17.3. The van der Waals surface area contributed by atoms with Gasteiger partial charge in [0.25, 0.3) is 5.91 Å². The molecule has 7 nitrogen and oxygen atoms in total. The van der Waals surface area contributed by atoms with Crippen LogP contribution in [-0.2, 0) is 4.79 Å². The summed E-state index contributed by atoms with van der Waals surface area (Å²) in [6.45, 7) is 3.56. The molecule has 3 N–H and O–H groups in total. The highest BCUT2D eigenvalue weighted by Gasteiger charge is 2.33. The number of aryl methyl sites for hydroxylation is 1. The number of halogens is 1. The van der Waals surface area contributed by atoms with Gasteiger partial charge in [-0.3, -0.25) is 4.79 Å². The van der Waals surface area contributed by atoms with Crippen LogP contribution in [0.2, 0.25) is 5.02 Å². The maximum Gasteiger partial charge on any atom is 0.319 e. The number of nitrogens with one attached hydrogen (secondary N) is 3. The van der Waals surface area contributed by atoms with Crippen LogP contribution >= 0.6 is 11.6 Å². The number of benzene rings is 2. The van der Waals surface area contributed by atoms with Crippen LogP contribution in [-0.4, -0.2) is 26.2 Å². The summed E-state index contributed by atoms with van der Waals surface area (Å²) in [5.74, 6) is 0.573. The first-order valence-electron chi connectivity index (χ1n) is 8.92. The largest absolute Gasteiger partial charge is 0.493 e. The molecule has 0 fully saturated rings. The van der Waals surface area contributed by atoms with Gasteiger partial charge in [-0.1, -0.05) is 29.8 Å². The number of urea groups is 1. The van der Waals surface area contributed by atoms with Gasteiger partial charge in [-0.15, -0.1) is 0 Å². The summed E-state index contributed by atoms with van der Waals surface area (Å²) in [5.41, 5.74) is 2.87. The minimum absolute atomic E-state index is 0.354. The van der Waals surface area contributed by atoms with Gasteiger partial charge < -0.3 is 25.4 Å². The maximum atomic E-state index is 13.1. The molecule has 2 aromatic carbocycles. The number of hydrogen-bond acceptors (Lipinski definition) is 4. The zero-order valence-electron chi connectivity index (χ0n) is 16.6. The number of anilines is 1. The summed E-state index contributed by atoms with van der Waals surface area (Å²) in [6.07, 6.45) is 0. The molecule has 29 heavy (non-hydrogen) atoms. The fourth-order valence-corrected chi connectivity index (χ4v) is 3.42. The molecule has 0 aliphatic carbocycles. The van der Waals surface area contributed by atoms with Crippen molar-refractivity contribution < 1.29 is 19.1 Å². The summed E-state index contributed by atoms with van der Waals surface area (Å²) >= 11 is 6.17. The van der Waals surface area contributed by atoms with Crippen molar-refractivity contribution in [3.8, 4) is 11.5 Å². The number of ether oxygens (including phenoxy) is 2. The predicted molar refractivity (Wildman–Crippen MR) is 111 cm³/mol. The molecule has 2 aromatic rings. The Bertz CT molecular complexity index is 1000. The van der Waals surface area contributed by atoms with Gasteiger partial charge in [-0.2, -0.15) is 0 Å². The molecule has 1 unspecified atom stereocenters. The Morgan fingerprint density at radius 2 is 1.90 bits per heavy atom. The Morgan fingerprint density at radius 1 is 1.14 bits per heavy atom. The Morgan fingerprint density at radius 3 is 2.55 bits per heavy atom. The van der Waals surface area contributed by atoms with Crippen LogP contribution in [0, 0.1) is 6.92 Å². The van der Waals surface area contributed by atoms with E-state index >= 15 is 0 Å². The molecule has 3 rings (SSSR count). The van der Waals surface area contributed by atoms with Crippen molar-refractivity contribution in [1.82, 2.24) is 10.6 Å². The van der Waals surface area contributed by atoms with Crippen molar-refractivity contribution in [3.05, 3.63) is 63.8 Å². The third kappa shape index (κ3) is 4.14. The van der Waals surface area contributed by atoms with Crippen molar-refractivity contribution in [2.24, 2.45) is 0 Å². The minimum atomic E-state index is -0.727. The molecule has 1 heterocycles. The SMILES string of the molecule is COc1cccc(C2NC(=O)NC(C)=C2C(=O)Nc2ccc(C)c(Cl)c2)c1OC. The lowest BCUT2D eigenvalue weighted by Gasteiger charge is -2.30. The first-order chi connectivity index (χ1) is 13.8. The first kappa shape index (κ1) is 20.5. The lowest BCUT2D eigenvalue weighted by atomic mass is 9.93. The summed E-state index contributed by atoms with van der Waals surface area (Å²) in [7, 11) is 3.04. The maximum absolute atomic E-state index is 13.1. The van der Waals surface area contributed by atoms with Crippen LogP contribution in [0.4, 0.5) is 10.5 Å². The van der Waals surface area contributed by atoms with E-state index in [1.807, 2.05) is 13.0 Å². The Hall–Kier alpha value is -3.19. The number of para-hydroxylation sites is 1. The fourth-order valence-electron chi connectivity index (χ4n) is 3.24. The van der Waals surface area contributed by atoms with E-state index in [1.54, 1.807) is 37.3 Å². The zero-order chi connectivity index (χ0) is 21.1. The first-order valence-corrected chi connectivity index (χ1v) is 9.30. The van der Waals surface area contributed by atoms with Crippen molar-refractivity contribution in [1.29, 1.82) is 0 Å². The quantitative estimate of drug-likeness (QED) is 0.690. The van der Waals surface area contributed by atoms with Crippen molar-refractivity contribution in [3.63, 3.8) is 0 Å². The monoisotopic (exact) mass is 415 g/mol. The average Bonchev–Trinajstić information content (AvgIpc) is 2.69. The molecule has 0 radical (unpaired) electrons. The molecule has 3 amide bonds. The molecule has 0 spiro atoms. The molecule has 0 saturated carbocycles. The van der Waals surface area contributed by atoms with Crippen molar-refractivity contribution in [2.45, 2.75) is 19.9 Å². The number of rotatable bonds is 5. The smallest absolute Gasteiger partial charge is 0.319 e. The second-order valence-corrected chi connectivity index (χ2v) is 6.98. The van der Waals surface area contributed by atoms with E-state index in [-0.39, 0.29) is 5.91 Å². The highest BCUT2D eigenvalue weighted by molar-refractivity contribution is 6.31. The van der Waals surface area contributed by atoms with E-state index in [4.69, 9.17) is 21.1 Å². The third-order valence-electron chi connectivity index (χ3n) is 4.69. The Balaban J connectivity index is 2.02. The molecule has 1 aliphatic rings. The minimum Gasteiger partial charge on any atom is -0.493 e. The van der Waals surface area contributed by atoms with E-state index in [0.29, 0.717) is 39.0 Å². The summed E-state index contributed by atoms with van der Waals surface area (Å²) < 4.78 is 10.9. The molecule has 1 aliphatic heterocycles. The molecule has 152 valence electrons. The van der Waals surface area contributed by atoms with E-state index in [0.717, 1.165) is 5.56 Å². The van der Waals surface area contributed by atoms with E-state index in [9.17, 15) is 9.59 Å². The van der Waals surface area contributed by atoms with E-state index in [2.05, 4.69) is 16.0 Å². The molecule has 0 saturated heterocycles. The van der Waals surface area contributed by atoms with Crippen LogP contribution < -0.4 is 25.4 Å². The lowest BCUT2D eigenvalue weighted by molar-refractivity contribution is -0.113. The average molecular weight is 416 g/mol. The van der Waals surface area contributed by atoms with Gasteiger partial charge >= 0.3 is 6.03 Å². The van der Waals surface area contributed by atoms with Gasteiger partial charge in [0.1, 0.15) is 0 Å². The van der Waals surface area contributed by atoms with Gasteiger partial charge in [0.05, 0.1) is 25.8 Å². The number of amides is 3. The Kier molecular flexibility index (Phi) is 5.98. The molecule has 1 atom stereocenters. The molecule has 0 bridgehead atoms. The number of carbonyl (C=O) groups is 2. The highest BCUT2D eigenvalue weighted by Crippen LogP contribution is 2.39. The predicted octanol–water partition coefficient (Wildman–Crippen LogP) is 3.93. The fraction of sp³-hybridized carbons (Fsp3) is 0.238. The number of hydrogen-bond donors (Lipinski definition) is 3. The highest BCUT2D eigenvalue weighted by atomic mass is 35.5. The molecular formula is C21H22ClN3O4. The van der Waals surface area contributed by atoms with Gasteiger partial charge in [0.15, 0.2) is 11.5 Å². The second-order valence-electron chi connectivity index (χ2n) is 6.57. The van der Waals surface area contributed by atoms with Crippen LogP contribution in [0.3, 0.4) is 0 Å². The second kappa shape index (κ2) is 8.45. The summed E-state index contributed by atoms with van der Waals surface area (Å²) in [4.78, 5) is 25.3. The number of methoxy groups -OCH3 is 2. The molecule has 0 aromatic heterocycles. The molecule has 8 heteroatoms. The number of allylic oxidation sites excluding steroid dienone is 1. The van der Waals surface area contributed by atoms with Crippen LogP contribution in [0.15, 0.2) is 47.7 Å². The van der Waals surface area contributed by atoms with Gasteiger partial charge in [0, 0.05) is 22.0 Å².